The molecule has 27 heavy (non-hydrogen) atoms. The fraction of sp³-hybridized carbons (Fsp3) is 0.429. The van der Waals surface area contributed by atoms with E-state index in [0.717, 1.165) is 50.0 Å². The van der Waals surface area contributed by atoms with Crippen LogP contribution in [0.3, 0.4) is 0 Å². The van der Waals surface area contributed by atoms with Crippen molar-refractivity contribution in [1.29, 1.82) is 0 Å². The Morgan fingerprint density at radius 3 is 2.52 bits per heavy atom. The summed E-state index contributed by atoms with van der Waals surface area (Å²) in [6, 6.07) is 5.81. The average molecular weight is 364 g/mol. The molecule has 0 radical (unpaired) electrons. The highest BCUT2D eigenvalue weighted by atomic mass is 16.1. The van der Waals surface area contributed by atoms with Gasteiger partial charge in [0.1, 0.15) is 5.69 Å². The largest absolute Gasteiger partial charge is 0.382 e. The highest BCUT2D eigenvalue weighted by Gasteiger charge is 2.31. The van der Waals surface area contributed by atoms with E-state index in [1.807, 2.05) is 18.2 Å². The van der Waals surface area contributed by atoms with Gasteiger partial charge in [0.2, 0.25) is 0 Å². The van der Waals surface area contributed by atoms with Gasteiger partial charge in [-0.2, -0.15) is 0 Å². The Bertz CT molecular complexity index is 870. The fourth-order valence-electron chi connectivity index (χ4n) is 3.73. The van der Waals surface area contributed by atoms with Crippen molar-refractivity contribution in [2.75, 3.05) is 23.7 Å². The third-order valence-electron chi connectivity index (χ3n) is 5.35. The van der Waals surface area contributed by atoms with Gasteiger partial charge in [0.25, 0.3) is 0 Å². The minimum absolute atomic E-state index is 0.146. The minimum atomic E-state index is -0.171. The lowest BCUT2D eigenvalue weighted by Gasteiger charge is -2.31. The third-order valence-corrected chi connectivity index (χ3v) is 5.35. The molecule has 6 nitrogen and oxygen atoms in total. The van der Waals surface area contributed by atoms with Gasteiger partial charge in [-0.25, -0.2) is 9.97 Å². The molecule has 0 atom stereocenters. The van der Waals surface area contributed by atoms with E-state index >= 15 is 0 Å². The summed E-state index contributed by atoms with van der Waals surface area (Å²) in [6.07, 6.45) is 8.58. The van der Waals surface area contributed by atoms with Crippen LogP contribution in [0.1, 0.15) is 58.5 Å². The summed E-state index contributed by atoms with van der Waals surface area (Å²) < 4.78 is 0. The van der Waals surface area contributed by atoms with Crippen LogP contribution in [0.15, 0.2) is 30.6 Å². The van der Waals surface area contributed by atoms with Crippen molar-refractivity contribution in [1.82, 2.24) is 9.97 Å². The summed E-state index contributed by atoms with van der Waals surface area (Å²) in [5.74, 6) is 0.319. The number of carbonyl (C=O) groups excluding carboxylic acids is 2. The molecule has 140 valence electrons. The normalized spacial score (nSPS) is 17.0. The van der Waals surface area contributed by atoms with Gasteiger partial charge in [0.05, 0.1) is 0 Å². The number of nitrogens with two attached hydrogens (primary N) is 1. The van der Waals surface area contributed by atoms with Crippen LogP contribution >= 0.6 is 0 Å². The zero-order chi connectivity index (χ0) is 18.8. The summed E-state index contributed by atoms with van der Waals surface area (Å²) in [5, 5.41) is 0. The Kier molecular flexibility index (Phi) is 4.88. The van der Waals surface area contributed by atoms with Gasteiger partial charge >= 0.3 is 0 Å². The second kappa shape index (κ2) is 7.47. The number of carbonyl (C=O) groups is 2. The van der Waals surface area contributed by atoms with Crippen molar-refractivity contribution in [3.05, 3.63) is 47.4 Å². The molecule has 4 rings (SSSR count). The van der Waals surface area contributed by atoms with Crippen LogP contribution in [0.5, 0.6) is 0 Å². The molecule has 0 unspecified atom stereocenters. The monoisotopic (exact) mass is 364 g/mol. The van der Waals surface area contributed by atoms with Crippen molar-refractivity contribution >= 4 is 23.1 Å². The van der Waals surface area contributed by atoms with Crippen LogP contribution in [0, 0.1) is 5.92 Å². The highest BCUT2D eigenvalue weighted by Crippen LogP contribution is 2.34. The molecule has 1 saturated carbocycles. The van der Waals surface area contributed by atoms with Crippen LogP contribution in [-0.2, 0) is 6.42 Å². The molecule has 2 aromatic rings. The molecule has 1 aromatic carbocycles. The molecule has 1 saturated heterocycles. The molecule has 2 N–H and O–H groups in total. The van der Waals surface area contributed by atoms with E-state index in [2.05, 4.69) is 14.9 Å². The topological polar surface area (TPSA) is 89.2 Å². The number of piperidine rings is 1. The smallest absolute Gasteiger partial charge is 0.189 e. The molecule has 0 amide bonds. The second-order valence-corrected chi connectivity index (χ2v) is 7.42. The number of nitrogen functional groups attached to an aromatic ring is 1. The summed E-state index contributed by atoms with van der Waals surface area (Å²) in [5.41, 5.74) is 8.63. The van der Waals surface area contributed by atoms with Crippen molar-refractivity contribution in [3.8, 4) is 0 Å². The van der Waals surface area contributed by atoms with Gasteiger partial charge in [-0.05, 0) is 55.9 Å². The first kappa shape index (κ1) is 17.6. The van der Waals surface area contributed by atoms with Crippen LogP contribution in [0.25, 0.3) is 0 Å². The quantitative estimate of drug-likeness (QED) is 0.793. The Morgan fingerprint density at radius 1 is 1.07 bits per heavy atom. The molecular formula is C21H24N4O2. The number of nitrogens with zero attached hydrogens (tertiary/aromatic N) is 3. The van der Waals surface area contributed by atoms with E-state index < -0.39 is 0 Å². The second-order valence-electron chi connectivity index (χ2n) is 7.42. The number of aromatic nitrogens is 2. The zero-order valence-electron chi connectivity index (χ0n) is 15.4. The molecule has 2 heterocycles. The molecule has 1 aromatic heterocycles. The van der Waals surface area contributed by atoms with Crippen LogP contribution in [-0.4, -0.2) is 34.6 Å². The van der Waals surface area contributed by atoms with Gasteiger partial charge in [0.15, 0.2) is 17.4 Å². The Balaban J connectivity index is 1.66. The van der Waals surface area contributed by atoms with E-state index in [4.69, 9.17) is 5.73 Å². The maximum Gasteiger partial charge on any atom is 0.189 e. The Labute approximate surface area is 158 Å². The van der Waals surface area contributed by atoms with E-state index in [1.54, 1.807) is 0 Å². The first-order chi connectivity index (χ1) is 13.1. The van der Waals surface area contributed by atoms with Gasteiger partial charge < -0.3 is 10.6 Å². The van der Waals surface area contributed by atoms with Crippen LogP contribution in [0.4, 0.5) is 11.5 Å². The molecule has 0 bridgehead atoms. The minimum Gasteiger partial charge on any atom is -0.382 e. The first-order valence-electron chi connectivity index (χ1n) is 9.65. The van der Waals surface area contributed by atoms with Crippen molar-refractivity contribution in [2.24, 2.45) is 5.92 Å². The number of anilines is 2. The third kappa shape index (κ3) is 3.84. The SMILES string of the molecule is Nc1nccnc1C(=O)Cc1cc(C(=O)C2CC2)ccc1N1CCCCC1. The number of Topliss-reactive ketones (excluding diaryl/α,β-unsaturated/α-hetero) is 2. The molecule has 2 fully saturated rings. The summed E-state index contributed by atoms with van der Waals surface area (Å²) >= 11 is 0. The predicted molar refractivity (Wildman–Crippen MR) is 104 cm³/mol. The molecule has 2 aliphatic rings. The van der Waals surface area contributed by atoms with Gasteiger partial charge in [-0.1, -0.05) is 0 Å². The maximum atomic E-state index is 12.8. The Hall–Kier alpha value is -2.76. The zero-order valence-corrected chi connectivity index (χ0v) is 15.4. The number of rotatable bonds is 6. The molecular weight excluding hydrogens is 340 g/mol. The lowest BCUT2D eigenvalue weighted by molar-refractivity contribution is 0.0962. The van der Waals surface area contributed by atoms with E-state index in [1.165, 1.54) is 18.8 Å². The number of hydrogen-bond acceptors (Lipinski definition) is 6. The van der Waals surface area contributed by atoms with Crippen LogP contribution < -0.4 is 10.6 Å². The van der Waals surface area contributed by atoms with Gasteiger partial charge in [-0.3, -0.25) is 9.59 Å². The van der Waals surface area contributed by atoms with Crippen LogP contribution in [0.2, 0.25) is 0 Å². The predicted octanol–water partition coefficient (Wildman–Crippen LogP) is 3.07. The summed E-state index contributed by atoms with van der Waals surface area (Å²) in [7, 11) is 0. The van der Waals surface area contributed by atoms with E-state index in [0.29, 0.717) is 5.56 Å². The van der Waals surface area contributed by atoms with E-state index in [-0.39, 0.29) is 35.4 Å². The molecule has 1 aliphatic carbocycles. The fourth-order valence-corrected chi connectivity index (χ4v) is 3.73. The maximum absolute atomic E-state index is 12.8. The molecule has 0 spiro atoms. The average Bonchev–Trinajstić information content (AvgIpc) is 3.53. The highest BCUT2D eigenvalue weighted by molar-refractivity contribution is 6.02. The number of hydrogen-bond donors (Lipinski definition) is 1. The van der Waals surface area contributed by atoms with Gasteiger partial charge in [0, 0.05) is 49.1 Å². The first-order valence-corrected chi connectivity index (χ1v) is 9.65. The van der Waals surface area contributed by atoms with Crippen molar-refractivity contribution < 1.29 is 9.59 Å². The standard InChI is InChI=1S/C21H24N4O2/c22-21-19(23-8-9-24-21)18(26)13-16-12-15(20(27)14-4-5-14)6-7-17(16)25-10-2-1-3-11-25/h6-9,12,14H,1-5,10-11,13H2,(H2,22,24). The molecule has 1 aliphatic heterocycles. The lowest BCUT2D eigenvalue weighted by atomic mass is 9.97. The number of ketones is 2. The van der Waals surface area contributed by atoms with Crippen molar-refractivity contribution in [2.45, 2.75) is 38.5 Å². The van der Waals surface area contributed by atoms with Gasteiger partial charge in [-0.15, -0.1) is 0 Å². The lowest BCUT2D eigenvalue weighted by Crippen LogP contribution is -2.30. The Morgan fingerprint density at radius 2 is 1.81 bits per heavy atom. The van der Waals surface area contributed by atoms with E-state index in [9.17, 15) is 9.59 Å². The summed E-state index contributed by atoms with van der Waals surface area (Å²) in [6.45, 7) is 1.95. The summed E-state index contributed by atoms with van der Waals surface area (Å²) in [4.78, 5) is 35.7. The number of benzene rings is 1. The molecule has 6 heteroatoms. The van der Waals surface area contributed by atoms with Crippen molar-refractivity contribution in [3.63, 3.8) is 0 Å².